The molecule has 2 aliphatic rings. The summed E-state index contributed by atoms with van der Waals surface area (Å²) in [6.45, 7) is 6.60. The highest BCUT2D eigenvalue weighted by molar-refractivity contribution is 7.16. The molecular formula is C17H25ClN4O2S. The van der Waals surface area contributed by atoms with E-state index in [2.05, 4.69) is 15.1 Å². The molecule has 0 atom stereocenters. The summed E-state index contributed by atoms with van der Waals surface area (Å²) in [5.74, 6) is 0.282. The van der Waals surface area contributed by atoms with E-state index in [9.17, 15) is 9.59 Å². The summed E-state index contributed by atoms with van der Waals surface area (Å²) < 4.78 is 0.740. The second-order valence-corrected chi connectivity index (χ2v) is 8.42. The minimum absolute atomic E-state index is 0.0334. The predicted octanol–water partition coefficient (Wildman–Crippen LogP) is 1.26. The van der Waals surface area contributed by atoms with Crippen molar-refractivity contribution in [3.8, 4) is 0 Å². The van der Waals surface area contributed by atoms with E-state index in [0.29, 0.717) is 19.6 Å². The minimum Gasteiger partial charge on any atom is -0.350 e. The molecule has 6 nitrogen and oxygen atoms in total. The number of hydrogen-bond acceptors (Lipinski definition) is 5. The van der Waals surface area contributed by atoms with Crippen LogP contribution in [0.4, 0.5) is 0 Å². The van der Waals surface area contributed by atoms with E-state index >= 15 is 0 Å². The predicted molar refractivity (Wildman–Crippen MR) is 99.9 cm³/mol. The fraction of sp³-hybridized carbons (Fsp3) is 0.647. The van der Waals surface area contributed by atoms with Gasteiger partial charge in [-0.25, -0.2) is 0 Å². The van der Waals surface area contributed by atoms with Crippen LogP contribution in [-0.2, 0) is 16.1 Å². The molecule has 0 unspecified atom stereocenters. The molecule has 8 heteroatoms. The third-order valence-electron chi connectivity index (χ3n) is 4.74. The highest BCUT2D eigenvalue weighted by atomic mass is 35.5. The van der Waals surface area contributed by atoms with Gasteiger partial charge in [-0.05, 0) is 25.0 Å². The number of halogens is 1. The van der Waals surface area contributed by atoms with Gasteiger partial charge in [0.05, 0.1) is 24.0 Å². The molecule has 2 fully saturated rings. The molecular weight excluding hydrogens is 360 g/mol. The van der Waals surface area contributed by atoms with E-state index in [1.165, 1.54) is 11.3 Å². The standard InChI is InChI=1S/C17H25ClN4O2S/c18-15-4-3-14(25-15)11-19-16(23)12-20-7-9-21(10-8-20)13-17(24)22-5-1-2-6-22/h3-4H,1-2,5-13H2,(H,19,23). The molecule has 0 saturated carbocycles. The molecule has 0 radical (unpaired) electrons. The lowest BCUT2D eigenvalue weighted by molar-refractivity contribution is -0.132. The van der Waals surface area contributed by atoms with Crippen molar-refractivity contribution in [3.63, 3.8) is 0 Å². The zero-order chi connectivity index (χ0) is 17.6. The summed E-state index contributed by atoms with van der Waals surface area (Å²) >= 11 is 7.38. The van der Waals surface area contributed by atoms with Crippen LogP contribution in [0.15, 0.2) is 12.1 Å². The number of thiophene rings is 1. The molecule has 3 rings (SSSR count). The third-order valence-corrected chi connectivity index (χ3v) is 5.97. The molecule has 1 N–H and O–H groups in total. The Bertz CT molecular complexity index is 595. The number of hydrogen-bond donors (Lipinski definition) is 1. The van der Waals surface area contributed by atoms with Crippen LogP contribution in [-0.4, -0.2) is 78.9 Å². The number of rotatable bonds is 6. The van der Waals surface area contributed by atoms with Crippen molar-refractivity contribution >= 4 is 34.8 Å². The first-order valence-corrected chi connectivity index (χ1v) is 10.0. The van der Waals surface area contributed by atoms with Gasteiger partial charge < -0.3 is 10.2 Å². The Kier molecular flexibility index (Phi) is 6.70. The Morgan fingerprint density at radius 1 is 1.00 bits per heavy atom. The average molecular weight is 385 g/mol. The second kappa shape index (κ2) is 8.98. The maximum absolute atomic E-state index is 12.2. The van der Waals surface area contributed by atoms with Crippen molar-refractivity contribution in [1.82, 2.24) is 20.0 Å². The summed E-state index contributed by atoms with van der Waals surface area (Å²) in [7, 11) is 0. The number of carbonyl (C=O) groups excluding carboxylic acids is 2. The van der Waals surface area contributed by atoms with Crippen molar-refractivity contribution in [2.45, 2.75) is 19.4 Å². The van der Waals surface area contributed by atoms with Gasteiger partial charge in [0.1, 0.15) is 0 Å². The Hall–Kier alpha value is -1.15. The number of likely N-dealkylation sites (tertiary alicyclic amines) is 1. The lowest BCUT2D eigenvalue weighted by Crippen LogP contribution is -2.51. The third kappa shape index (κ3) is 5.67. The minimum atomic E-state index is 0.0334. The van der Waals surface area contributed by atoms with Crippen molar-refractivity contribution in [2.24, 2.45) is 0 Å². The van der Waals surface area contributed by atoms with E-state index in [0.717, 1.165) is 61.3 Å². The average Bonchev–Trinajstić information content (AvgIpc) is 3.26. The van der Waals surface area contributed by atoms with Crippen LogP contribution in [0.1, 0.15) is 17.7 Å². The molecule has 2 aliphatic heterocycles. The molecule has 0 aromatic carbocycles. The zero-order valence-corrected chi connectivity index (χ0v) is 15.9. The maximum Gasteiger partial charge on any atom is 0.236 e. The Morgan fingerprint density at radius 3 is 2.24 bits per heavy atom. The summed E-state index contributed by atoms with van der Waals surface area (Å²) in [5, 5.41) is 2.94. The van der Waals surface area contributed by atoms with Gasteiger partial charge in [0.25, 0.3) is 0 Å². The van der Waals surface area contributed by atoms with Gasteiger partial charge in [0, 0.05) is 44.1 Å². The van der Waals surface area contributed by atoms with Crippen molar-refractivity contribution in [2.75, 3.05) is 52.4 Å². The molecule has 0 aliphatic carbocycles. The van der Waals surface area contributed by atoms with Crippen LogP contribution in [0.3, 0.4) is 0 Å². The van der Waals surface area contributed by atoms with Gasteiger partial charge in [0.15, 0.2) is 0 Å². The molecule has 25 heavy (non-hydrogen) atoms. The van der Waals surface area contributed by atoms with Gasteiger partial charge in [-0.2, -0.15) is 0 Å². The van der Waals surface area contributed by atoms with Crippen molar-refractivity contribution < 1.29 is 9.59 Å². The number of nitrogens with one attached hydrogen (secondary N) is 1. The maximum atomic E-state index is 12.2. The summed E-state index contributed by atoms with van der Waals surface area (Å²) in [6, 6.07) is 3.78. The highest BCUT2D eigenvalue weighted by Gasteiger charge is 2.24. The van der Waals surface area contributed by atoms with Gasteiger partial charge in [0.2, 0.25) is 11.8 Å². The summed E-state index contributed by atoms with van der Waals surface area (Å²) in [5.41, 5.74) is 0. The van der Waals surface area contributed by atoms with Crippen molar-refractivity contribution in [1.29, 1.82) is 0 Å². The fourth-order valence-electron chi connectivity index (χ4n) is 3.25. The van der Waals surface area contributed by atoms with Crippen LogP contribution in [0.2, 0.25) is 4.34 Å². The molecule has 1 aromatic heterocycles. The zero-order valence-electron chi connectivity index (χ0n) is 14.4. The quantitative estimate of drug-likeness (QED) is 0.802. The Morgan fingerprint density at radius 2 is 1.64 bits per heavy atom. The normalized spacial score (nSPS) is 19.3. The number of carbonyl (C=O) groups is 2. The van der Waals surface area contributed by atoms with Crippen molar-refractivity contribution in [3.05, 3.63) is 21.3 Å². The lowest BCUT2D eigenvalue weighted by Gasteiger charge is -2.34. The molecule has 0 bridgehead atoms. The smallest absolute Gasteiger partial charge is 0.236 e. The number of piperazine rings is 1. The molecule has 138 valence electrons. The van der Waals surface area contributed by atoms with E-state index in [4.69, 9.17) is 11.6 Å². The molecule has 2 saturated heterocycles. The first-order valence-electron chi connectivity index (χ1n) is 8.83. The first-order chi connectivity index (χ1) is 12.1. The van der Waals surface area contributed by atoms with Crippen LogP contribution in [0.25, 0.3) is 0 Å². The lowest BCUT2D eigenvalue weighted by atomic mass is 10.3. The van der Waals surface area contributed by atoms with Gasteiger partial charge in [-0.15, -0.1) is 11.3 Å². The van der Waals surface area contributed by atoms with E-state index in [-0.39, 0.29) is 11.8 Å². The van der Waals surface area contributed by atoms with Crippen LogP contribution >= 0.6 is 22.9 Å². The molecule has 1 aromatic rings. The van der Waals surface area contributed by atoms with E-state index in [1.807, 2.05) is 17.0 Å². The highest BCUT2D eigenvalue weighted by Crippen LogP contribution is 2.20. The van der Waals surface area contributed by atoms with Crippen LogP contribution in [0, 0.1) is 0 Å². The van der Waals surface area contributed by atoms with Gasteiger partial charge >= 0.3 is 0 Å². The first kappa shape index (κ1) is 18.6. The largest absolute Gasteiger partial charge is 0.350 e. The molecule has 3 heterocycles. The monoisotopic (exact) mass is 384 g/mol. The molecule has 2 amide bonds. The molecule has 0 spiro atoms. The fourth-order valence-corrected chi connectivity index (χ4v) is 4.28. The summed E-state index contributed by atoms with van der Waals surface area (Å²) in [4.78, 5) is 31.6. The summed E-state index contributed by atoms with van der Waals surface area (Å²) in [6.07, 6.45) is 2.26. The number of nitrogens with zero attached hydrogens (tertiary/aromatic N) is 3. The topological polar surface area (TPSA) is 55.9 Å². The SMILES string of the molecule is O=C(CN1CCN(CC(=O)N2CCCC2)CC1)NCc1ccc(Cl)s1. The van der Waals surface area contributed by atoms with Crippen LogP contribution in [0.5, 0.6) is 0 Å². The van der Waals surface area contributed by atoms with Crippen LogP contribution < -0.4 is 5.32 Å². The van der Waals surface area contributed by atoms with Gasteiger partial charge in [-0.3, -0.25) is 19.4 Å². The van der Waals surface area contributed by atoms with E-state index in [1.54, 1.807) is 0 Å². The Labute approximate surface area is 157 Å². The Balaban J connectivity index is 1.33. The van der Waals surface area contributed by atoms with Gasteiger partial charge in [-0.1, -0.05) is 11.6 Å². The van der Waals surface area contributed by atoms with E-state index < -0.39 is 0 Å². The second-order valence-electron chi connectivity index (χ2n) is 6.62. The number of amides is 2.